The first kappa shape index (κ1) is 15.1. The number of halogens is 2. The quantitative estimate of drug-likeness (QED) is 0.928. The Bertz CT molecular complexity index is 534. The number of piperazine rings is 1. The zero-order valence-electron chi connectivity index (χ0n) is 11.2. The molecule has 0 spiro atoms. The van der Waals surface area contributed by atoms with E-state index in [-0.39, 0.29) is 18.4 Å². The van der Waals surface area contributed by atoms with Crippen LogP contribution in [0.15, 0.2) is 18.2 Å². The Balaban J connectivity index is 2.14. The molecule has 0 saturated carbocycles. The minimum atomic E-state index is -0.424. The first-order valence-corrected chi connectivity index (χ1v) is 7.29. The van der Waals surface area contributed by atoms with Crippen LogP contribution in [0.1, 0.15) is 25.3 Å². The first-order valence-electron chi connectivity index (χ1n) is 6.53. The van der Waals surface area contributed by atoms with Gasteiger partial charge in [-0.15, -0.1) is 0 Å². The molecule has 1 aromatic rings. The van der Waals surface area contributed by atoms with Crippen LogP contribution in [0.25, 0.3) is 0 Å². The zero-order chi connectivity index (χ0) is 14.7. The minimum absolute atomic E-state index is 0.0579. The van der Waals surface area contributed by atoms with E-state index in [1.54, 1.807) is 18.2 Å². The third-order valence-electron chi connectivity index (χ3n) is 3.23. The molecule has 1 saturated heterocycles. The van der Waals surface area contributed by atoms with Crippen molar-refractivity contribution in [2.75, 3.05) is 6.54 Å². The van der Waals surface area contributed by atoms with Crippen molar-refractivity contribution >= 4 is 35.0 Å². The molecule has 1 aliphatic heterocycles. The lowest BCUT2D eigenvalue weighted by Gasteiger charge is -2.32. The normalized spacial score (nSPS) is 19.1. The smallest absolute Gasteiger partial charge is 0.245 e. The van der Waals surface area contributed by atoms with Gasteiger partial charge in [0.25, 0.3) is 0 Å². The van der Waals surface area contributed by atoms with Gasteiger partial charge in [0.2, 0.25) is 11.8 Å². The number of amides is 2. The summed E-state index contributed by atoms with van der Waals surface area (Å²) in [6.45, 7) is 2.37. The van der Waals surface area contributed by atoms with Gasteiger partial charge < -0.3 is 10.2 Å². The second-order valence-electron chi connectivity index (χ2n) is 4.84. The number of rotatable bonds is 4. The molecule has 1 N–H and O–H groups in total. The second kappa shape index (κ2) is 6.46. The molecule has 108 valence electrons. The van der Waals surface area contributed by atoms with Gasteiger partial charge in [-0.05, 0) is 24.1 Å². The molecule has 1 aromatic carbocycles. The molecule has 0 radical (unpaired) electrons. The zero-order valence-corrected chi connectivity index (χ0v) is 12.7. The lowest BCUT2D eigenvalue weighted by molar-refractivity contribution is -0.145. The van der Waals surface area contributed by atoms with Crippen LogP contribution in [0, 0.1) is 0 Å². The SMILES string of the molecule is CCCC1NC(=O)CN(Cc2ccc(Cl)cc2Cl)C1=O. The van der Waals surface area contributed by atoms with Crippen molar-refractivity contribution in [3.8, 4) is 0 Å². The Kier molecular flexibility index (Phi) is 4.89. The van der Waals surface area contributed by atoms with E-state index >= 15 is 0 Å². The molecule has 0 bridgehead atoms. The summed E-state index contributed by atoms with van der Waals surface area (Å²) in [6, 6.07) is 4.71. The van der Waals surface area contributed by atoms with Gasteiger partial charge in [0.15, 0.2) is 0 Å². The molecule has 1 atom stereocenters. The van der Waals surface area contributed by atoms with Crippen molar-refractivity contribution in [3.05, 3.63) is 33.8 Å². The molecule has 0 aromatic heterocycles. The molecule has 1 heterocycles. The van der Waals surface area contributed by atoms with Gasteiger partial charge in [-0.1, -0.05) is 42.6 Å². The lowest BCUT2D eigenvalue weighted by atomic mass is 10.1. The van der Waals surface area contributed by atoms with E-state index in [4.69, 9.17) is 23.2 Å². The molecule has 6 heteroatoms. The number of carbonyl (C=O) groups is 2. The monoisotopic (exact) mass is 314 g/mol. The average Bonchev–Trinajstić information content (AvgIpc) is 2.38. The molecule has 0 aliphatic carbocycles. The Morgan fingerprint density at radius 2 is 2.10 bits per heavy atom. The maximum absolute atomic E-state index is 12.3. The highest BCUT2D eigenvalue weighted by Crippen LogP contribution is 2.23. The van der Waals surface area contributed by atoms with Crippen LogP contribution < -0.4 is 5.32 Å². The van der Waals surface area contributed by atoms with Crippen LogP contribution >= 0.6 is 23.2 Å². The summed E-state index contributed by atoms with van der Waals surface area (Å²) in [5.41, 5.74) is 0.786. The molecule has 1 aliphatic rings. The number of hydrogen-bond acceptors (Lipinski definition) is 2. The average molecular weight is 315 g/mol. The van der Waals surface area contributed by atoms with Crippen molar-refractivity contribution in [1.29, 1.82) is 0 Å². The first-order chi connectivity index (χ1) is 9.51. The van der Waals surface area contributed by atoms with Gasteiger partial charge >= 0.3 is 0 Å². The maximum Gasteiger partial charge on any atom is 0.245 e. The van der Waals surface area contributed by atoms with Crippen LogP contribution in [0.3, 0.4) is 0 Å². The lowest BCUT2D eigenvalue weighted by Crippen LogP contribution is -2.57. The van der Waals surface area contributed by atoms with Crippen molar-refractivity contribution in [1.82, 2.24) is 10.2 Å². The second-order valence-corrected chi connectivity index (χ2v) is 5.68. The molecule has 20 heavy (non-hydrogen) atoms. The summed E-state index contributed by atoms with van der Waals surface area (Å²) >= 11 is 12.0. The highest BCUT2D eigenvalue weighted by atomic mass is 35.5. The predicted molar refractivity (Wildman–Crippen MR) is 78.7 cm³/mol. The van der Waals surface area contributed by atoms with E-state index < -0.39 is 6.04 Å². The predicted octanol–water partition coefficient (Wildman–Crippen LogP) is 2.62. The van der Waals surface area contributed by atoms with Gasteiger partial charge in [0, 0.05) is 16.6 Å². The summed E-state index contributed by atoms with van der Waals surface area (Å²) < 4.78 is 0. The fraction of sp³-hybridized carbons (Fsp3) is 0.429. The maximum atomic E-state index is 12.3. The Labute approximate surface area is 128 Å². The largest absolute Gasteiger partial charge is 0.343 e. The van der Waals surface area contributed by atoms with Gasteiger partial charge in [-0.25, -0.2) is 0 Å². The van der Waals surface area contributed by atoms with Crippen LogP contribution in [0.4, 0.5) is 0 Å². The highest BCUT2D eigenvalue weighted by Gasteiger charge is 2.32. The summed E-state index contributed by atoms with van der Waals surface area (Å²) in [7, 11) is 0. The van der Waals surface area contributed by atoms with Crippen molar-refractivity contribution in [2.45, 2.75) is 32.4 Å². The fourth-order valence-corrected chi connectivity index (χ4v) is 2.72. The molecular weight excluding hydrogens is 299 g/mol. The van der Waals surface area contributed by atoms with Gasteiger partial charge in [-0.2, -0.15) is 0 Å². The number of nitrogens with zero attached hydrogens (tertiary/aromatic N) is 1. The number of benzene rings is 1. The van der Waals surface area contributed by atoms with Gasteiger partial charge in [-0.3, -0.25) is 9.59 Å². The number of nitrogens with one attached hydrogen (secondary N) is 1. The van der Waals surface area contributed by atoms with E-state index in [9.17, 15) is 9.59 Å². The van der Waals surface area contributed by atoms with E-state index in [0.29, 0.717) is 23.0 Å². The summed E-state index contributed by atoms with van der Waals surface area (Å²) in [5, 5.41) is 3.77. The topological polar surface area (TPSA) is 49.4 Å². The van der Waals surface area contributed by atoms with Gasteiger partial charge in [0.05, 0.1) is 6.54 Å². The van der Waals surface area contributed by atoms with Crippen LogP contribution in [0.5, 0.6) is 0 Å². The summed E-state index contributed by atoms with van der Waals surface area (Å²) in [6.07, 6.45) is 1.49. The van der Waals surface area contributed by atoms with Crippen LogP contribution in [-0.2, 0) is 16.1 Å². The highest BCUT2D eigenvalue weighted by molar-refractivity contribution is 6.35. The molecule has 1 unspecified atom stereocenters. The van der Waals surface area contributed by atoms with Crippen LogP contribution in [0.2, 0.25) is 10.0 Å². The number of carbonyl (C=O) groups excluding carboxylic acids is 2. The third kappa shape index (κ3) is 3.44. The van der Waals surface area contributed by atoms with Crippen LogP contribution in [-0.4, -0.2) is 29.3 Å². The Hall–Kier alpha value is -1.26. The molecular formula is C14H16Cl2N2O2. The fourth-order valence-electron chi connectivity index (χ4n) is 2.25. The third-order valence-corrected chi connectivity index (χ3v) is 3.82. The standard InChI is InChI=1S/C14H16Cl2N2O2/c1-2-3-12-14(20)18(8-13(19)17-12)7-9-4-5-10(15)6-11(9)16/h4-6,12H,2-3,7-8H2,1H3,(H,17,19). The minimum Gasteiger partial charge on any atom is -0.343 e. The van der Waals surface area contributed by atoms with Crippen molar-refractivity contribution in [3.63, 3.8) is 0 Å². The summed E-state index contributed by atoms with van der Waals surface area (Å²) in [5.74, 6) is -0.189. The molecule has 1 fully saturated rings. The van der Waals surface area contributed by atoms with Crippen molar-refractivity contribution in [2.24, 2.45) is 0 Å². The number of hydrogen-bond donors (Lipinski definition) is 1. The Morgan fingerprint density at radius 1 is 1.35 bits per heavy atom. The van der Waals surface area contributed by atoms with E-state index in [0.717, 1.165) is 12.0 Å². The van der Waals surface area contributed by atoms with E-state index in [1.807, 2.05) is 6.92 Å². The van der Waals surface area contributed by atoms with Crippen molar-refractivity contribution < 1.29 is 9.59 Å². The molecule has 4 nitrogen and oxygen atoms in total. The molecule has 2 amide bonds. The summed E-state index contributed by atoms with van der Waals surface area (Å²) in [4.78, 5) is 25.5. The Morgan fingerprint density at radius 3 is 2.75 bits per heavy atom. The van der Waals surface area contributed by atoms with E-state index in [2.05, 4.69) is 5.32 Å². The van der Waals surface area contributed by atoms with E-state index in [1.165, 1.54) is 4.90 Å². The molecule has 2 rings (SSSR count). The van der Waals surface area contributed by atoms with Gasteiger partial charge in [0.1, 0.15) is 6.04 Å².